The normalized spacial score (nSPS) is 21.7. The average Bonchev–Trinajstić information content (AvgIpc) is 2.64. The summed E-state index contributed by atoms with van der Waals surface area (Å²) in [6, 6.07) is 1.78. The van der Waals surface area contributed by atoms with Gasteiger partial charge < -0.3 is 15.0 Å². The first-order chi connectivity index (χ1) is 9.75. The Morgan fingerprint density at radius 2 is 1.86 bits per heavy atom. The van der Waals surface area contributed by atoms with Crippen LogP contribution in [0.25, 0.3) is 6.08 Å². The minimum Gasteiger partial charge on any atom is -0.400 e. The van der Waals surface area contributed by atoms with Crippen LogP contribution in [0.3, 0.4) is 0 Å². The first kappa shape index (κ1) is 16.0. The van der Waals surface area contributed by atoms with Crippen molar-refractivity contribution in [1.29, 1.82) is 0 Å². The number of hydrogen-bond donors (Lipinski definition) is 1. The van der Waals surface area contributed by atoms with Gasteiger partial charge >= 0.3 is 7.12 Å². The van der Waals surface area contributed by atoms with Gasteiger partial charge in [0.2, 0.25) is 0 Å². The summed E-state index contributed by atoms with van der Waals surface area (Å²) < 4.78 is 11.8. The molecule has 0 unspecified atom stereocenters. The first-order valence-electron chi connectivity index (χ1n) is 7.12. The smallest absolute Gasteiger partial charge is 0.400 e. The van der Waals surface area contributed by atoms with Crippen LogP contribution in [0.15, 0.2) is 37.1 Å². The Morgan fingerprint density at radius 3 is 2.43 bits per heavy atom. The lowest BCUT2D eigenvalue weighted by Crippen LogP contribution is -2.41. The standard InChI is InChI=1S/C16H23BN2O2/c1-6-14(18)13-9-12(10-19-11-13)7-8-17-20-15(2,3)16(4,5)21-17/h6-11,14H,1,18H2,2-5H3/b8-7+/t14-/m1/s1. The van der Waals surface area contributed by atoms with Crippen molar-refractivity contribution in [3.05, 3.63) is 48.2 Å². The maximum atomic E-state index is 5.92. The lowest BCUT2D eigenvalue weighted by Gasteiger charge is -2.32. The molecule has 0 bridgehead atoms. The molecule has 2 heterocycles. The fraction of sp³-hybridized carbons (Fsp3) is 0.438. The summed E-state index contributed by atoms with van der Waals surface area (Å²) in [7, 11) is -0.355. The molecule has 1 aromatic rings. The highest BCUT2D eigenvalue weighted by Gasteiger charge is 2.49. The van der Waals surface area contributed by atoms with E-state index in [2.05, 4.69) is 11.6 Å². The summed E-state index contributed by atoms with van der Waals surface area (Å²) in [5.74, 6) is 1.90. The summed E-state index contributed by atoms with van der Waals surface area (Å²) in [6.45, 7) is 11.8. The van der Waals surface area contributed by atoms with Crippen LogP contribution < -0.4 is 5.73 Å². The minimum absolute atomic E-state index is 0.206. The van der Waals surface area contributed by atoms with E-state index in [9.17, 15) is 0 Å². The topological polar surface area (TPSA) is 57.4 Å². The van der Waals surface area contributed by atoms with Gasteiger partial charge in [-0.25, -0.2) is 0 Å². The van der Waals surface area contributed by atoms with Crippen LogP contribution in [0.2, 0.25) is 0 Å². The van der Waals surface area contributed by atoms with E-state index in [1.807, 2.05) is 45.8 Å². The average molecular weight is 286 g/mol. The predicted molar refractivity (Wildman–Crippen MR) is 86.5 cm³/mol. The van der Waals surface area contributed by atoms with Gasteiger partial charge in [0.15, 0.2) is 0 Å². The molecule has 1 aliphatic heterocycles. The first-order valence-corrected chi connectivity index (χ1v) is 7.12. The SMILES string of the molecule is C=C[C@@H](N)c1cncc(/C=C/B2OC(C)(C)C(C)(C)O2)c1. The molecule has 2 rings (SSSR count). The molecule has 0 spiro atoms. The lowest BCUT2D eigenvalue weighted by atomic mass is 9.89. The predicted octanol–water partition coefficient (Wildman–Crippen LogP) is 2.91. The summed E-state index contributed by atoms with van der Waals surface area (Å²) in [5.41, 5.74) is 7.16. The molecular weight excluding hydrogens is 263 g/mol. The zero-order chi connectivity index (χ0) is 15.7. The summed E-state index contributed by atoms with van der Waals surface area (Å²) >= 11 is 0. The van der Waals surface area contributed by atoms with Gasteiger partial charge in [-0.3, -0.25) is 4.98 Å². The van der Waals surface area contributed by atoms with Crippen LogP contribution in [0.4, 0.5) is 0 Å². The highest BCUT2D eigenvalue weighted by molar-refractivity contribution is 6.52. The van der Waals surface area contributed by atoms with E-state index in [0.717, 1.165) is 11.1 Å². The minimum atomic E-state index is -0.355. The highest BCUT2D eigenvalue weighted by Crippen LogP contribution is 2.37. The fourth-order valence-corrected chi connectivity index (χ4v) is 2.04. The van der Waals surface area contributed by atoms with Crippen molar-refractivity contribution in [3.63, 3.8) is 0 Å². The van der Waals surface area contributed by atoms with Gasteiger partial charge in [0.1, 0.15) is 0 Å². The Bertz CT molecular complexity index is 539. The third kappa shape index (κ3) is 3.43. The van der Waals surface area contributed by atoms with Crippen molar-refractivity contribution in [2.24, 2.45) is 5.73 Å². The van der Waals surface area contributed by atoms with Gasteiger partial charge in [0.05, 0.1) is 11.2 Å². The second kappa shape index (κ2) is 5.75. The van der Waals surface area contributed by atoms with Crippen LogP contribution in [0.1, 0.15) is 44.9 Å². The molecule has 112 valence electrons. The van der Waals surface area contributed by atoms with Crippen LogP contribution in [0.5, 0.6) is 0 Å². The number of nitrogens with two attached hydrogens (primary N) is 1. The number of aromatic nitrogens is 1. The Morgan fingerprint density at radius 1 is 1.24 bits per heavy atom. The van der Waals surface area contributed by atoms with E-state index in [1.54, 1.807) is 18.5 Å². The molecule has 0 saturated carbocycles. The zero-order valence-electron chi connectivity index (χ0n) is 13.2. The number of nitrogens with zero attached hydrogens (tertiary/aromatic N) is 1. The summed E-state index contributed by atoms with van der Waals surface area (Å²) in [5, 5.41) is 0. The molecular formula is C16H23BN2O2. The van der Waals surface area contributed by atoms with E-state index < -0.39 is 0 Å². The molecule has 2 N–H and O–H groups in total. The van der Waals surface area contributed by atoms with Crippen LogP contribution in [0, 0.1) is 0 Å². The molecule has 4 nitrogen and oxygen atoms in total. The number of rotatable bonds is 4. The largest absolute Gasteiger partial charge is 0.487 e. The second-order valence-electron chi connectivity index (χ2n) is 6.30. The molecule has 21 heavy (non-hydrogen) atoms. The molecule has 1 saturated heterocycles. The van der Waals surface area contributed by atoms with E-state index in [0.29, 0.717) is 0 Å². The molecule has 0 radical (unpaired) electrons. The second-order valence-corrected chi connectivity index (χ2v) is 6.30. The fourth-order valence-electron chi connectivity index (χ4n) is 2.04. The quantitative estimate of drug-likeness (QED) is 0.683. The van der Waals surface area contributed by atoms with E-state index in [-0.39, 0.29) is 24.4 Å². The highest BCUT2D eigenvalue weighted by atomic mass is 16.7. The van der Waals surface area contributed by atoms with Gasteiger partial charge in [-0.05, 0) is 44.9 Å². The van der Waals surface area contributed by atoms with Crippen LogP contribution >= 0.6 is 0 Å². The van der Waals surface area contributed by atoms with Gasteiger partial charge in [-0.15, -0.1) is 6.58 Å². The Kier molecular flexibility index (Phi) is 4.37. The molecule has 1 aromatic heterocycles. The Labute approximate surface area is 127 Å². The lowest BCUT2D eigenvalue weighted by molar-refractivity contribution is 0.00578. The number of hydrogen-bond acceptors (Lipinski definition) is 4. The molecule has 1 atom stereocenters. The molecule has 0 amide bonds. The molecule has 1 aliphatic rings. The van der Waals surface area contributed by atoms with Gasteiger partial charge in [-0.2, -0.15) is 0 Å². The van der Waals surface area contributed by atoms with Crippen molar-refractivity contribution in [1.82, 2.24) is 4.98 Å². The van der Waals surface area contributed by atoms with Crippen molar-refractivity contribution < 1.29 is 9.31 Å². The Hall–Kier alpha value is -1.43. The Balaban J connectivity index is 2.11. The van der Waals surface area contributed by atoms with E-state index in [4.69, 9.17) is 15.0 Å². The van der Waals surface area contributed by atoms with Gasteiger partial charge in [0, 0.05) is 18.4 Å². The van der Waals surface area contributed by atoms with E-state index >= 15 is 0 Å². The number of pyridine rings is 1. The molecule has 1 fully saturated rings. The maximum absolute atomic E-state index is 5.92. The summed E-state index contributed by atoms with van der Waals surface area (Å²) in [6.07, 6.45) is 7.16. The van der Waals surface area contributed by atoms with Crippen molar-refractivity contribution in [2.75, 3.05) is 0 Å². The van der Waals surface area contributed by atoms with E-state index in [1.165, 1.54) is 0 Å². The van der Waals surface area contributed by atoms with Crippen molar-refractivity contribution in [3.8, 4) is 0 Å². The molecule has 0 aromatic carbocycles. The van der Waals surface area contributed by atoms with Gasteiger partial charge in [0.25, 0.3) is 0 Å². The van der Waals surface area contributed by atoms with Crippen molar-refractivity contribution >= 4 is 13.2 Å². The molecule has 0 aliphatic carbocycles. The van der Waals surface area contributed by atoms with Gasteiger partial charge in [-0.1, -0.05) is 18.1 Å². The zero-order valence-corrected chi connectivity index (χ0v) is 13.2. The van der Waals surface area contributed by atoms with Crippen molar-refractivity contribution in [2.45, 2.75) is 44.9 Å². The summed E-state index contributed by atoms with van der Waals surface area (Å²) in [4.78, 5) is 4.20. The maximum Gasteiger partial charge on any atom is 0.487 e. The third-order valence-electron chi connectivity index (χ3n) is 4.14. The molecule has 5 heteroatoms. The van der Waals surface area contributed by atoms with Crippen LogP contribution in [-0.4, -0.2) is 23.3 Å². The third-order valence-corrected chi connectivity index (χ3v) is 4.14. The van der Waals surface area contributed by atoms with Crippen LogP contribution in [-0.2, 0) is 9.31 Å². The monoisotopic (exact) mass is 286 g/mol.